The van der Waals surface area contributed by atoms with Crippen LogP contribution in [0.25, 0.3) is 11.0 Å². The molecule has 0 unspecified atom stereocenters. The fraction of sp³-hybridized carbons (Fsp3) is 0.500. The van der Waals surface area contributed by atoms with Crippen molar-refractivity contribution < 1.29 is 4.57 Å². The molecule has 0 amide bonds. The van der Waals surface area contributed by atoms with Crippen LogP contribution in [-0.2, 0) is 19.6 Å². The molecule has 3 rings (SSSR count). The molecule has 0 radical (unpaired) electrons. The van der Waals surface area contributed by atoms with Gasteiger partial charge in [-0.15, -0.1) is 0 Å². The lowest BCUT2D eigenvalue weighted by Crippen LogP contribution is -2.38. The predicted molar refractivity (Wildman–Crippen MR) is 95.5 cm³/mol. The zero-order valence-corrected chi connectivity index (χ0v) is 15.0. The normalized spacial score (nSPS) is 11.7. The lowest BCUT2D eigenvalue weighted by atomic mass is 10.2. The highest BCUT2D eigenvalue weighted by molar-refractivity contribution is 5.89. The van der Waals surface area contributed by atoms with Gasteiger partial charge in [-0.2, -0.15) is 0 Å². The van der Waals surface area contributed by atoms with E-state index >= 15 is 0 Å². The summed E-state index contributed by atoms with van der Waals surface area (Å²) in [5, 5.41) is 1.10. The summed E-state index contributed by atoms with van der Waals surface area (Å²) >= 11 is 0. The molecule has 3 aromatic heterocycles. The van der Waals surface area contributed by atoms with E-state index in [1.165, 1.54) is 11.3 Å². The lowest BCUT2D eigenvalue weighted by Gasteiger charge is -2.09. The molecule has 0 fully saturated rings. The highest BCUT2D eigenvalue weighted by Gasteiger charge is 2.21. The SMILES string of the molecule is Cc1c(C)n(CC(C)C)c2nc[n+](CCCn3ccnc3)c(N)c12. The van der Waals surface area contributed by atoms with E-state index in [4.69, 9.17) is 10.7 Å². The zero-order valence-electron chi connectivity index (χ0n) is 15.0. The van der Waals surface area contributed by atoms with Gasteiger partial charge in [-0.1, -0.05) is 18.8 Å². The first-order valence-electron chi connectivity index (χ1n) is 8.58. The number of nitrogens with two attached hydrogens (primary N) is 1. The van der Waals surface area contributed by atoms with Gasteiger partial charge in [0.15, 0.2) is 0 Å². The second-order valence-corrected chi connectivity index (χ2v) is 6.89. The number of rotatable bonds is 6. The van der Waals surface area contributed by atoms with Gasteiger partial charge in [0.05, 0.1) is 12.9 Å². The molecule has 0 saturated carbocycles. The van der Waals surface area contributed by atoms with E-state index in [0.717, 1.165) is 42.9 Å². The van der Waals surface area contributed by atoms with Crippen LogP contribution in [0.5, 0.6) is 0 Å². The van der Waals surface area contributed by atoms with Crippen molar-refractivity contribution in [1.29, 1.82) is 0 Å². The molecule has 2 N–H and O–H groups in total. The second kappa shape index (κ2) is 6.63. The summed E-state index contributed by atoms with van der Waals surface area (Å²) in [4.78, 5) is 8.79. The smallest absolute Gasteiger partial charge is 0.232 e. The van der Waals surface area contributed by atoms with Gasteiger partial charge in [0, 0.05) is 31.2 Å². The van der Waals surface area contributed by atoms with Crippen LogP contribution in [0.1, 0.15) is 31.5 Å². The van der Waals surface area contributed by atoms with Crippen LogP contribution in [0.4, 0.5) is 5.82 Å². The Bertz CT molecular complexity index is 829. The Morgan fingerprint density at radius 1 is 1.29 bits per heavy atom. The number of hydrogen-bond donors (Lipinski definition) is 1. The van der Waals surface area contributed by atoms with Crippen molar-refractivity contribution in [3.05, 3.63) is 36.3 Å². The highest BCUT2D eigenvalue weighted by atomic mass is 15.1. The minimum atomic E-state index is 0.573. The third-order valence-electron chi connectivity index (χ3n) is 4.61. The van der Waals surface area contributed by atoms with Gasteiger partial charge in [-0.05, 0) is 31.7 Å². The molecule has 24 heavy (non-hydrogen) atoms. The maximum absolute atomic E-state index is 6.48. The second-order valence-electron chi connectivity index (χ2n) is 6.89. The molecule has 0 atom stereocenters. The fourth-order valence-electron chi connectivity index (χ4n) is 3.23. The highest BCUT2D eigenvalue weighted by Crippen LogP contribution is 2.27. The Kier molecular flexibility index (Phi) is 4.55. The summed E-state index contributed by atoms with van der Waals surface area (Å²) in [6, 6.07) is 0. The van der Waals surface area contributed by atoms with Crippen molar-refractivity contribution in [2.75, 3.05) is 5.73 Å². The molecule has 0 saturated heterocycles. The van der Waals surface area contributed by atoms with Gasteiger partial charge >= 0.3 is 0 Å². The molecule has 0 aliphatic carbocycles. The summed E-state index contributed by atoms with van der Waals surface area (Å²) in [7, 11) is 0. The van der Waals surface area contributed by atoms with Crippen molar-refractivity contribution >= 4 is 16.9 Å². The number of imidazole rings is 1. The zero-order chi connectivity index (χ0) is 17.3. The third kappa shape index (κ3) is 3.00. The van der Waals surface area contributed by atoms with E-state index < -0.39 is 0 Å². The van der Waals surface area contributed by atoms with E-state index in [0.29, 0.717) is 5.92 Å². The molecule has 0 aliphatic heterocycles. The topological polar surface area (TPSA) is 65.5 Å². The van der Waals surface area contributed by atoms with Crippen molar-refractivity contribution in [3.63, 3.8) is 0 Å². The first-order chi connectivity index (χ1) is 11.5. The number of anilines is 1. The Morgan fingerprint density at radius 2 is 2.08 bits per heavy atom. The van der Waals surface area contributed by atoms with Crippen molar-refractivity contribution in [3.8, 4) is 0 Å². The fourth-order valence-corrected chi connectivity index (χ4v) is 3.23. The molecule has 0 bridgehead atoms. The molecule has 0 aliphatic rings. The Labute approximate surface area is 143 Å². The van der Waals surface area contributed by atoms with Crippen LogP contribution in [-0.4, -0.2) is 19.1 Å². The molecule has 6 nitrogen and oxygen atoms in total. The number of hydrogen-bond acceptors (Lipinski definition) is 3. The van der Waals surface area contributed by atoms with Gasteiger partial charge in [0.1, 0.15) is 5.39 Å². The largest absolute Gasteiger partial charge is 0.337 e. The van der Waals surface area contributed by atoms with Crippen LogP contribution >= 0.6 is 0 Å². The lowest BCUT2D eigenvalue weighted by molar-refractivity contribution is -0.685. The van der Waals surface area contributed by atoms with Gasteiger partial charge in [0.2, 0.25) is 17.8 Å². The average molecular weight is 327 g/mol. The van der Waals surface area contributed by atoms with Crippen LogP contribution in [0.15, 0.2) is 25.0 Å². The molecule has 3 heterocycles. The monoisotopic (exact) mass is 327 g/mol. The van der Waals surface area contributed by atoms with Gasteiger partial charge in [-0.25, -0.2) is 9.55 Å². The molecular formula is C18H27N6+. The molecule has 3 aromatic rings. The first-order valence-corrected chi connectivity index (χ1v) is 8.58. The Morgan fingerprint density at radius 3 is 2.75 bits per heavy atom. The van der Waals surface area contributed by atoms with E-state index in [2.05, 4.69) is 46.4 Å². The van der Waals surface area contributed by atoms with Crippen molar-refractivity contribution in [2.45, 2.75) is 53.8 Å². The summed E-state index contributed by atoms with van der Waals surface area (Å²) in [5.41, 5.74) is 9.98. The third-order valence-corrected chi connectivity index (χ3v) is 4.61. The van der Waals surface area contributed by atoms with Crippen molar-refractivity contribution in [1.82, 2.24) is 19.1 Å². The Balaban J connectivity index is 1.88. The maximum Gasteiger partial charge on any atom is 0.232 e. The average Bonchev–Trinajstić information content (AvgIpc) is 3.13. The Hall–Kier alpha value is -2.37. The van der Waals surface area contributed by atoms with Gasteiger partial charge < -0.3 is 14.9 Å². The maximum atomic E-state index is 6.48. The van der Waals surface area contributed by atoms with E-state index in [1.807, 2.05) is 18.9 Å². The quantitative estimate of drug-likeness (QED) is 0.707. The first kappa shape index (κ1) is 16.5. The number of fused-ring (bicyclic) bond motifs is 1. The molecule has 6 heteroatoms. The van der Waals surface area contributed by atoms with E-state index in [-0.39, 0.29) is 0 Å². The van der Waals surface area contributed by atoms with E-state index in [9.17, 15) is 0 Å². The standard InChI is InChI=1S/C18H26N6/c1-13(2)10-24-15(4)14(3)16-17(19)23(12-21-18(16)24)8-5-7-22-9-6-20-11-22/h6,9,11-13,19H,5,7-8,10H2,1-4H3/p+1. The summed E-state index contributed by atoms with van der Waals surface area (Å²) < 4.78 is 6.43. The minimum Gasteiger partial charge on any atom is -0.337 e. The summed E-state index contributed by atoms with van der Waals surface area (Å²) in [6.07, 6.45) is 8.49. The number of aromatic nitrogens is 5. The van der Waals surface area contributed by atoms with Gasteiger partial charge in [0.25, 0.3) is 0 Å². The summed E-state index contributed by atoms with van der Waals surface area (Å²) in [5.74, 6) is 1.39. The van der Waals surface area contributed by atoms with Crippen LogP contribution in [0, 0.1) is 19.8 Å². The molecule has 128 valence electrons. The molecular weight excluding hydrogens is 300 g/mol. The molecule has 0 spiro atoms. The summed E-state index contributed by atoms with van der Waals surface area (Å²) in [6.45, 7) is 11.5. The number of nitrogens with zero attached hydrogens (tertiary/aromatic N) is 5. The van der Waals surface area contributed by atoms with E-state index in [1.54, 1.807) is 6.20 Å². The molecule has 0 aromatic carbocycles. The number of aryl methyl sites for hydroxylation is 3. The van der Waals surface area contributed by atoms with Crippen LogP contribution < -0.4 is 10.3 Å². The van der Waals surface area contributed by atoms with Crippen molar-refractivity contribution in [2.24, 2.45) is 5.92 Å². The predicted octanol–water partition coefficient (Wildman–Crippen LogP) is 2.47. The van der Waals surface area contributed by atoms with Crippen LogP contribution in [0.2, 0.25) is 0 Å². The van der Waals surface area contributed by atoms with Gasteiger partial charge in [-0.3, -0.25) is 0 Å². The van der Waals surface area contributed by atoms with Crippen LogP contribution in [0.3, 0.4) is 0 Å². The minimum absolute atomic E-state index is 0.573. The number of nitrogen functional groups attached to an aromatic ring is 1.